The van der Waals surface area contributed by atoms with Crippen molar-refractivity contribution in [1.29, 1.82) is 0 Å². The highest BCUT2D eigenvalue weighted by Gasteiger charge is 2.04. The largest absolute Gasteiger partial charge is 0.356 e. The lowest BCUT2D eigenvalue weighted by atomic mass is 10.1. The van der Waals surface area contributed by atoms with Crippen LogP contribution in [0.15, 0.2) is 0 Å². The van der Waals surface area contributed by atoms with Crippen molar-refractivity contribution in [2.45, 2.75) is 168 Å². The molecule has 0 aliphatic carbocycles. The summed E-state index contributed by atoms with van der Waals surface area (Å²) in [7, 11) is 0. The van der Waals surface area contributed by atoms with Crippen LogP contribution in [-0.2, 0) is 9.59 Å². The normalized spacial score (nSPS) is 11.0. The van der Waals surface area contributed by atoms with Crippen molar-refractivity contribution >= 4 is 11.8 Å². The number of nitrogens with one attached hydrogen (secondary N) is 2. The molecule has 0 aromatic heterocycles. The standard InChI is InChI=1S/C30H60N2O2/c1-3-5-7-9-11-13-15-17-19-23-27-31-29(33)25-21-22-26-30(34)32-28-24-20-18-16-14-12-10-8-6-4-2/h3-28H2,1-2H3,(H,31,33)(H,32,34). The topological polar surface area (TPSA) is 58.2 Å². The lowest BCUT2D eigenvalue weighted by Crippen LogP contribution is -2.25. The molecular formula is C30H60N2O2. The summed E-state index contributed by atoms with van der Waals surface area (Å²) in [5.74, 6) is 0.281. The van der Waals surface area contributed by atoms with Crippen molar-refractivity contribution in [2.24, 2.45) is 0 Å². The zero-order chi connectivity index (χ0) is 25.0. The molecule has 4 nitrogen and oxygen atoms in total. The van der Waals surface area contributed by atoms with E-state index in [4.69, 9.17) is 0 Å². The Morgan fingerprint density at radius 3 is 0.941 bits per heavy atom. The molecule has 0 unspecified atom stereocenters. The van der Waals surface area contributed by atoms with Gasteiger partial charge < -0.3 is 10.6 Å². The van der Waals surface area contributed by atoms with Gasteiger partial charge >= 0.3 is 0 Å². The van der Waals surface area contributed by atoms with Crippen LogP contribution < -0.4 is 10.6 Å². The third-order valence-electron chi connectivity index (χ3n) is 6.76. The van der Waals surface area contributed by atoms with Crippen LogP contribution in [0.2, 0.25) is 0 Å². The van der Waals surface area contributed by atoms with E-state index in [1.165, 1.54) is 116 Å². The van der Waals surface area contributed by atoms with Crippen LogP contribution in [0, 0.1) is 0 Å². The maximum Gasteiger partial charge on any atom is 0.219 e. The zero-order valence-electron chi connectivity index (χ0n) is 23.2. The Morgan fingerprint density at radius 1 is 0.382 bits per heavy atom. The summed E-state index contributed by atoms with van der Waals surface area (Å²) in [4.78, 5) is 23.8. The van der Waals surface area contributed by atoms with E-state index in [1.807, 2.05) is 0 Å². The number of amides is 2. The van der Waals surface area contributed by atoms with E-state index in [0.29, 0.717) is 12.8 Å². The fourth-order valence-electron chi connectivity index (χ4n) is 4.43. The number of carbonyl (C=O) groups excluding carboxylic acids is 2. The minimum atomic E-state index is 0.140. The minimum Gasteiger partial charge on any atom is -0.356 e. The van der Waals surface area contributed by atoms with Crippen molar-refractivity contribution in [3.05, 3.63) is 0 Å². The minimum absolute atomic E-state index is 0.140. The van der Waals surface area contributed by atoms with E-state index in [1.54, 1.807) is 0 Å². The van der Waals surface area contributed by atoms with Gasteiger partial charge in [0.2, 0.25) is 11.8 Å². The molecule has 0 rings (SSSR count). The van der Waals surface area contributed by atoms with Gasteiger partial charge in [-0.3, -0.25) is 9.59 Å². The maximum atomic E-state index is 11.9. The van der Waals surface area contributed by atoms with E-state index < -0.39 is 0 Å². The molecule has 34 heavy (non-hydrogen) atoms. The SMILES string of the molecule is CCCCCCCCCCCCNC(=O)CCCCC(=O)NCCCCCCCCCCCC. The van der Waals surface area contributed by atoms with Gasteiger partial charge in [-0.15, -0.1) is 0 Å². The first-order valence-electron chi connectivity index (χ1n) is 15.2. The maximum absolute atomic E-state index is 11.9. The second-order valence-electron chi connectivity index (χ2n) is 10.3. The average molecular weight is 481 g/mol. The quantitative estimate of drug-likeness (QED) is 0.116. The van der Waals surface area contributed by atoms with Gasteiger partial charge in [0.15, 0.2) is 0 Å². The number of unbranched alkanes of at least 4 members (excludes halogenated alkanes) is 19. The van der Waals surface area contributed by atoms with Gasteiger partial charge in [0.25, 0.3) is 0 Å². The van der Waals surface area contributed by atoms with E-state index in [2.05, 4.69) is 24.5 Å². The van der Waals surface area contributed by atoms with Crippen LogP contribution >= 0.6 is 0 Å². The summed E-state index contributed by atoms with van der Waals surface area (Å²) in [6.07, 6.45) is 29.0. The fraction of sp³-hybridized carbons (Fsp3) is 0.933. The van der Waals surface area contributed by atoms with Gasteiger partial charge in [0.05, 0.1) is 0 Å². The highest BCUT2D eigenvalue weighted by molar-refractivity contribution is 5.77. The van der Waals surface area contributed by atoms with Crippen molar-refractivity contribution in [3.63, 3.8) is 0 Å². The molecule has 0 spiro atoms. The Bertz CT molecular complexity index is 400. The average Bonchev–Trinajstić information content (AvgIpc) is 2.83. The lowest BCUT2D eigenvalue weighted by Gasteiger charge is -2.07. The molecule has 0 aromatic carbocycles. The highest BCUT2D eigenvalue weighted by Crippen LogP contribution is 2.11. The molecular weight excluding hydrogens is 420 g/mol. The molecule has 0 heterocycles. The van der Waals surface area contributed by atoms with Crippen molar-refractivity contribution in [1.82, 2.24) is 10.6 Å². The highest BCUT2D eigenvalue weighted by atomic mass is 16.2. The molecule has 0 atom stereocenters. The van der Waals surface area contributed by atoms with Crippen LogP contribution in [0.1, 0.15) is 168 Å². The molecule has 2 amide bonds. The number of carbonyl (C=O) groups is 2. The monoisotopic (exact) mass is 480 g/mol. The molecule has 0 aliphatic rings. The molecule has 0 saturated carbocycles. The van der Waals surface area contributed by atoms with E-state index in [9.17, 15) is 9.59 Å². The van der Waals surface area contributed by atoms with E-state index in [-0.39, 0.29) is 11.8 Å². The van der Waals surface area contributed by atoms with Crippen molar-refractivity contribution in [2.75, 3.05) is 13.1 Å². The molecule has 0 aromatic rings. The fourth-order valence-corrected chi connectivity index (χ4v) is 4.43. The summed E-state index contributed by atoms with van der Waals surface area (Å²) in [6.45, 7) is 6.12. The molecule has 0 saturated heterocycles. The molecule has 0 aliphatic heterocycles. The Balaban J connectivity index is 3.28. The van der Waals surface area contributed by atoms with E-state index >= 15 is 0 Å². The summed E-state index contributed by atoms with van der Waals surface area (Å²) >= 11 is 0. The van der Waals surface area contributed by atoms with Crippen molar-refractivity contribution < 1.29 is 9.59 Å². The van der Waals surface area contributed by atoms with Gasteiger partial charge in [0, 0.05) is 25.9 Å². The Labute approximate surface area is 213 Å². The molecule has 2 N–H and O–H groups in total. The van der Waals surface area contributed by atoms with Gasteiger partial charge in [-0.25, -0.2) is 0 Å². The predicted octanol–water partition coefficient (Wildman–Crippen LogP) is 8.62. The smallest absolute Gasteiger partial charge is 0.219 e. The van der Waals surface area contributed by atoms with Gasteiger partial charge in [-0.1, -0.05) is 129 Å². The first-order chi connectivity index (χ1) is 16.7. The molecule has 0 radical (unpaired) electrons. The first-order valence-corrected chi connectivity index (χ1v) is 15.2. The number of hydrogen-bond acceptors (Lipinski definition) is 2. The Kier molecular flexibility index (Phi) is 27.3. The number of rotatable bonds is 27. The van der Waals surface area contributed by atoms with Gasteiger partial charge in [-0.2, -0.15) is 0 Å². The lowest BCUT2D eigenvalue weighted by molar-refractivity contribution is -0.123. The number of hydrogen-bond donors (Lipinski definition) is 2. The second-order valence-corrected chi connectivity index (χ2v) is 10.3. The molecule has 0 fully saturated rings. The Morgan fingerprint density at radius 2 is 0.647 bits per heavy atom. The van der Waals surface area contributed by atoms with Crippen LogP contribution in [0.3, 0.4) is 0 Å². The van der Waals surface area contributed by atoms with Crippen LogP contribution in [0.4, 0.5) is 0 Å². The summed E-state index contributed by atoms with van der Waals surface area (Å²) in [5.41, 5.74) is 0. The third kappa shape index (κ3) is 27.2. The zero-order valence-corrected chi connectivity index (χ0v) is 23.2. The van der Waals surface area contributed by atoms with Gasteiger partial charge in [-0.05, 0) is 25.7 Å². The molecule has 4 heteroatoms. The first kappa shape index (κ1) is 32.9. The Hall–Kier alpha value is -1.06. The van der Waals surface area contributed by atoms with Crippen LogP contribution in [0.5, 0.6) is 0 Å². The second kappa shape index (κ2) is 28.2. The summed E-state index contributed by atoms with van der Waals surface area (Å²) in [5, 5.41) is 6.06. The van der Waals surface area contributed by atoms with Crippen molar-refractivity contribution in [3.8, 4) is 0 Å². The third-order valence-corrected chi connectivity index (χ3v) is 6.76. The molecule has 202 valence electrons. The van der Waals surface area contributed by atoms with Crippen LogP contribution in [0.25, 0.3) is 0 Å². The summed E-state index contributed by atoms with van der Waals surface area (Å²) < 4.78 is 0. The van der Waals surface area contributed by atoms with Gasteiger partial charge in [0.1, 0.15) is 0 Å². The summed E-state index contributed by atoms with van der Waals surface area (Å²) in [6, 6.07) is 0. The molecule has 0 bridgehead atoms. The van der Waals surface area contributed by atoms with E-state index in [0.717, 1.165) is 38.8 Å². The van der Waals surface area contributed by atoms with Crippen LogP contribution in [-0.4, -0.2) is 24.9 Å². The predicted molar refractivity (Wildman–Crippen MR) is 148 cm³/mol.